The quantitative estimate of drug-likeness (QED) is 0.334. The molecule has 1 saturated heterocycles. The topological polar surface area (TPSA) is 90.5 Å². The third-order valence-electron chi connectivity index (χ3n) is 4.48. The second-order valence-corrected chi connectivity index (χ2v) is 8.60. The van der Waals surface area contributed by atoms with E-state index in [1.807, 2.05) is 0 Å². The zero-order valence-electron chi connectivity index (χ0n) is 13.6. The number of hydroxylamine groups is 1. The first-order chi connectivity index (χ1) is 11.7. The zero-order chi connectivity index (χ0) is 19.9. The van der Waals surface area contributed by atoms with E-state index in [1.165, 1.54) is 5.48 Å². The van der Waals surface area contributed by atoms with Crippen LogP contribution < -0.4 is 16.1 Å². The third kappa shape index (κ3) is 4.07. The highest BCUT2D eigenvalue weighted by Gasteiger charge is 2.65. The van der Waals surface area contributed by atoms with Crippen LogP contribution in [-0.4, -0.2) is 36.2 Å². The van der Waals surface area contributed by atoms with Gasteiger partial charge < -0.3 is 10.6 Å². The predicted molar refractivity (Wildman–Crippen MR) is 84.6 cm³/mol. The summed E-state index contributed by atoms with van der Waals surface area (Å²) in [5.41, 5.74) is 0.441. The molecule has 1 aromatic rings. The monoisotopic (exact) mass is 403 g/mol. The molecule has 2 amide bonds. The van der Waals surface area contributed by atoms with Gasteiger partial charge in [0, 0.05) is 24.1 Å². The van der Waals surface area contributed by atoms with E-state index < -0.39 is 38.4 Å². The van der Waals surface area contributed by atoms with E-state index in [0.717, 1.165) is 0 Å². The lowest BCUT2D eigenvalue weighted by Gasteiger charge is -2.46. The number of benzene rings is 1. The highest BCUT2D eigenvalue weighted by Crippen LogP contribution is 3.02. The van der Waals surface area contributed by atoms with Crippen molar-refractivity contribution in [1.29, 1.82) is 0 Å². The van der Waals surface area contributed by atoms with Gasteiger partial charge in [0.15, 0.2) is 0 Å². The van der Waals surface area contributed by atoms with Gasteiger partial charge in [0.1, 0.15) is 10.9 Å². The van der Waals surface area contributed by atoms with Crippen molar-refractivity contribution < 1.29 is 34.2 Å². The summed E-state index contributed by atoms with van der Waals surface area (Å²) >= 11 is 0. The summed E-state index contributed by atoms with van der Waals surface area (Å²) in [5, 5.41) is 14.2. The molecular weight excluding hydrogens is 385 g/mol. The maximum absolute atomic E-state index is 12.7. The van der Waals surface area contributed by atoms with Crippen molar-refractivity contribution in [3.8, 4) is 0 Å². The summed E-state index contributed by atoms with van der Waals surface area (Å²) in [6.45, 7) is 2.53. The van der Waals surface area contributed by atoms with Crippen molar-refractivity contribution in [2.45, 2.75) is 24.3 Å². The molecule has 0 radical (unpaired) electrons. The molecule has 26 heavy (non-hydrogen) atoms. The maximum atomic E-state index is 12.7. The summed E-state index contributed by atoms with van der Waals surface area (Å²) in [7, 11) is -9.82. The van der Waals surface area contributed by atoms with Crippen LogP contribution in [0.5, 0.6) is 0 Å². The van der Waals surface area contributed by atoms with Crippen LogP contribution in [0.15, 0.2) is 29.2 Å². The molecule has 1 aliphatic heterocycles. The van der Waals surface area contributed by atoms with Gasteiger partial charge in [-0.1, -0.05) is 26.4 Å². The number of amides is 2. The van der Waals surface area contributed by atoms with Gasteiger partial charge >= 0.3 is 10.2 Å². The Hall–Kier alpha value is -1.92. The normalized spacial score (nSPS) is 20.1. The first-order valence-corrected chi connectivity index (χ1v) is 9.47. The molecule has 1 fully saturated rings. The Labute approximate surface area is 145 Å². The minimum absolute atomic E-state index is 0.123. The fourth-order valence-electron chi connectivity index (χ4n) is 2.74. The maximum Gasteiger partial charge on any atom is 0.310 e. The fourth-order valence-corrected chi connectivity index (χ4v) is 3.39. The van der Waals surface area contributed by atoms with Crippen LogP contribution in [0.3, 0.4) is 0 Å². The molecule has 0 aliphatic carbocycles. The summed E-state index contributed by atoms with van der Waals surface area (Å²) in [5.74, 6) is -1.81. The second kappa shape index (κ2) is 5.79. The zero-order valence-corrected chi connectivity index (χ0v) is 14.4. The standard InChI is InChI=1S/C14H18F5N3O3S/c1-2-14(7-20-8-14)11(13(24)22-25)21-12(23)9-3-5-10(6-4-9)26(15,16,17,18)19/h3-6,11,20,25H,2,7-8H2,1H3,(H,21,23)(H,22,24)/t11-/m1/s1. The largest absolute Gasteiger partial charge is 0.339 e. The molecule has 1 aromatic carbocycles. The molecule has 148 valence electrons. The van der Waals surface area contributed by atoms with Crippen molar-refractivity contribution in [3.63, 3.8) is 0 Å². The number of hydrogen-bond acceptors (Lipinski definition) is 4. The summed E-state index contributed by atoms with van der Waals surface area (Å²) < 4.78 is 63.5. The number of carbonyl (C=O) groups is 2. The molecule has 2 rings (SSSR count). The van der Waals surface area contributed by atoms with E-state index in [1.54, 1.807) is 6.92 Å². The van der Waals surface area contributed by atoms with Gasteiger partial charge in [0.2, 0.25) is 0 Å². The lowest BCUT2D eigenvalue weighted by atomic mass is 9.72. The molecule has 1 atom stereocenters. The van der Waals surface area contributed by atoms with Crippen LogP contribution in [0.1, 0.15) is 23.7 Å². The molecule has 0 spiro atoms. The summed E-state index contributed by atoms with van der Waals surface area (Å²) in [6, 6.07) is 0.305. The molecule has 12 heteroatoms. The molecule has 0 bridgehead atoms. The van der Waals surface area contributed by atoms with Crippen molar-refractivity contribution in [1.82, 2.24) is 16.1 Å². The molecule has 6 nitrogen and oxygen atoms in total. The first-order valence-electron chi connectivity index (χ1n) is 7.52. The Balaban J connectivity index is 2.24. The van der Waals surface area contributed by atoms with Gasteiger partial charge in [-0.25, -0.2) is 5.48 Å². The second-order valence-electron chi connectivity index (χ2n) is 6.20. The molecule has 4 N–H and O–H groups in total. The Morgan fingerprint density at radius 1 is 1.19 bits per heavy atom. The number of rotatable bonds is 6. The molecule has 0 saturated carbocycles. The van der Waals surface area contributed by atoms with Crippen molar-refractivity contribution >= 4 is 22.0 Å². The first kappa shape index (κ1) is 20.4. The van der Waals surface area contributed by atoms with E-state index in [-0.39, 0.29) is 17.7 Å². The van der Waals surface area contributed by atoms with E-state index in [0.29, 0.717) is 31.6 Å². The van der Waals surface area contributed by atoms with Gasteiger partial charge in [-0.15, -0.1) is 0 Å². The predicted octanol–water partition coefficient (Wildman–Crippen LogP) is 2.95. The highest BCUT2D eigenvalue weighted by molar-refractivity contribution is 8.45. The lowest BCUT2D eigenvalue weighted by molar-refractivity contribution is -0.136. The van der Waals surface area contributed by atoms with Crippen LogP contribution in [0.4, 0.5) is 19.4 Å². The van der Waals surface area contributed by atoms with Gasteiger partial charge in [0.25, 0.3) is 11.8 Å². The highest BCUT2D eigenvalue weighted by atomic mass is 32.5. The Morgan fingerprint density at radius 2 is 1.73 bits per heavy atom. The minimum atomic E-state index is -9.82. The lowest BCUT2D eigenvalue weighted by Crippen LogP contribution is -2.67. The van der Waals surface area contributed by atoms with Crippen LogP contribution in [0.25, 0.3) is 0 Å². The molecule has 1 aliphatic rings. The Morgan fingerprint density at radius 3 is 2.08 bits per heavy atom. The van der Waals surface area contributed by atoms with E-state index in [2.05, 4.69) is 10.6 Å². The number of carbonyl (C=O) groups excluding carboxylic acids is 2. The van der Waals surface area contributed by atoms with E-state index in [9.17, 15) is 29.0 Å². The third-order valence-corrected chi connectivity index (χ3v) is 5.64. The van der Waals surface area contributed by atoms with Crippen LogP contribution in [-0.2, 0) is 4.79 Å². The van der Waals surface area contributed by atoms with Gasteiger partial charge in [-0.3, -0.25) is 14.8 Å². The average molecular weight is 403 g/mol. The minimum Gasteiger partial charge on any atom is -0.339 e. The van der Waals surface area contributed by atoms with Crippen molar-refractivity contribution in [2.24, 2.45) is 5.41 Å². The molecular formula is C14H18F5N3O3S. The van der Waals surface area contributed by atoms with Gasteiger partial charge in [-0.2, -0.15) is 0 Å². The molecule has 1 heterocycles. The fraction of sp³-hybridized carbons (Fsp3) is 0.429. The SMILES string of the molecule is CCC1([C@H](NC(=O)c2ccc(S(F)(F)(F)(F)F)cc2)C(=O)NO)CNC1. The smallest absolute Gasteiger partial charge is 0.310 e. The van der Waals surface area contributed by atoms with Gasteiger partial charge in [-0.05, 0) is 30.7 Å². The Bertz CT molecular complexity index is 714. The van der Waals surface area contributed by atoms with Crippen LogP contribution in [0, 0.1) is 5.41 Å². The van der Waals surface area contributed by atoms with Crippen molar-refractivity contribution in [3.05, 3.63) is 29.8 Å². The Kier molecular flexibility index (Phi) is 4.54. The number of nitrogens with one attached hydrogen (secondary N) is 3. The van der Waals surface area contributed by atoms with E-state index in [4.69, 9.17) is 5.21 Å². The van der Waals surface area contributed by atoms with Crippen LogP contribution >= 0.6 is 10.2 Å². The number of halogens is 5. The molecule has 0 unspecified atom stereocenters. The summed E-state index contributed by atoms with van der Waals surface area (Å²) in [4.78, 5) is 22.0. The number of hydrogen-bond donors (Lipinski definition) is 4. The van der Waals surface area contributed by atoms with Crippen LogP contribution in [0.2, 0.25) is 0 Å². The van der Waals surface area contributed by atoms with Gasteiger partial charge in [0.05, 0.1) is 0 Å². The van der Waals surface area contributed by atoms with E-state index >= 15 is 0 Å². The summed E-state index contributed by atoms with van der Waals surface area (Å²) in [6.07, 6.45) is 0.474. The molecule has 0 aromatic heterocycles. The van der Waals surface area contributed by atoms with Crippen molar-refractivity contribution in [2.75, 3.05) is 13.1 Å². The average Bonchev–Trinajstić information content (AvgIpc) is 2.50.